The Hall–Kier alpha value is -3.37. The zero-order chi connectivity index (χ0) is 26.9. The minimum atomic E-state index is -0.767. The molecule has 1 aromatic heterocycles. The predicted molar refractivity (Wildman–Crippen MR) is 151 cm³/mol. The molecule has 0 bridgehead atoms. The molecule has 0 aliphatic heterocycles. The highest BCUT2D eigenvalue weighted by molar-refractivity contribution is 7.98. The number of nitrogens with one attached hydrogen (secondary N) is 2. The van der Waals surface area contributed by atoms with Crippen molar-refractivity contribution in [3.05, 3.63) is 64.7 Å². The van der Waals surface area contributed by atoms with Crippen LogP contribution in [0.5, 0.6) is 0 Å². The topological polar surface area (TPSA) is 123 Å². The molecular weight excluding hydrogens is 508 g/mol. The minimum absolute atomic E-state index is 0.0880. The molecular formula is C27H32N4O4S2. The Kier molecular flexibility index (Phi) is 10.1. The first kappa shape index (κ1) is 28.2. The van der Waals surface area contributed by atoms with Crippen molar-refractivity contribution >= 4 is 51.7 Å². The first-order valence-corrected chi connectivity index (χ1v) is 14.1. The van der Waals surface area contributed by atoms with E-state index < -0.39 is 12.0 Å². The van der Waals surface area contributed by atoms with Crippen LogP contribution in [0.2, 0.25) is 0 Å². The van der Waals surface area contributed by atoms with Crippen LogP contribution in [0.15, 0.2) is 47.8 Å². The van der Waals surface area contributed by atoms with Gasteiger partial charge in [0.25, 0.3) is 5.91 Å². The van der Waals surface area contributed by atoms with Gasteiger partial charge < -0.3 is 21.1 Å². The fourth-order valence-corrected chi connectivity index (χ4v) is 4.76. The van der Waals surface area contributed by atoms with Gasteiger partial charge in [0.1, 0.15) is 6.04 Å². The average Bonchev–Trinajstić information content (AvgIpc) is 3.25. The molecule has 3 rings (SSSR count). The summed E-state index contributed by atoms with van der Waals surface area (Å²) in [7, 11) is 0. The number of nitrogens with zero attached hydrogens (tertiary/aromatic N) is 1. The number of anilines is 2. The number of nitrogens with two attached hydrogens (primary N) is 1. The van der Waals surface area contributed by atoms with Crippen LogP contribution in [-0.4, -0.2) is 46.9 Å². The summed E-state index contributed by atoms with van der Waals surface area (Å²) in [6.45, 7) is 5.51. The molecule has 0 saturated heterocycles. The van der Waals surface area contributed by atoms with Gasteiger partial charge in [-0.2, -0.15) is 11.8 Å². The normalized spacial score (nSPS) is 11.7. The van der Waals surface area contributed by atoms with E-state index in [4.69, 9.17) is 10.5 Å². The van der Waals surface area contributed by atoms with E-state index in [1.165, 1.54) is 11.3 Å². The number of hydrogen-bond donors (Lipinski definition) is 3. The summed E-state index contributed by atoms with van der Waals surface area (Å²) in [5, 5.41) is 7.90. The van der Waals surface area contributed by atoms with Crippen LogP contribution in [-0.2, 0) is 20.7 Å². The number of carbonyl (C=O) groups excluding carboxylic acids is 3. The van der Waals surface area contributed by atoms with E-state index in [9.17, 15) is 14.4 Å². The standard InChI is InChI=1S/C27H32N4O4S2/c1-16(2)35-26(34)23(11-12-36-4)31-25(33)21-10-9-18(13-22(21)20-8-6-5-7-17(20)3)29-24(32)14-19-15-37-27(28)30-19/h5-10,13,15-16,23H,11-12,14H2,1-4H3,(H2,28,30)(H,29,32)(H,31,33)/t23-/m0/s1. The summed E-state index contributed by atoms with van der Waals surface area (Å²) in [5.41, 5.74) is 9.66. The highest BCUT2D eigenvalue weighted by Gasteiger charge is 2.25. The maximum atomic E-state index is 13.5. The highest BCUT2D eigenvalue weighted by Crippen LogP contribution is 2.30. The van der Waals surface area contributed by atoms with Crippen LogP contribution in [0.4, 0.5) is 10.8 Å². The average molecular weight is 541 g/mol. The Morgan fingerprint density at radius 3 is 2.54 bits per heavy atom. The molecule has 196 valence electrons. The van der Waals surface area contributed by atoms with Crippen molar-refractivity contribution < 1.29 is 19.1 Å². The maximum absolute atomic E-state index is 13.5. The third-order valence-electron chi connectivity index (χ3n) is 5.45. The number of aromatic nitrogens is 1. The Bertz CT molecular complexity index is 1260. The Labute approximate surface area is 225 Å². The third-order valence-corrected chi connectivity index (χ3v) is 6.81. The quantitative estimate of drug-likeness (QED) is 0.302. The summed E-state index contributed by atoms with van der Waals surface area (Å²) >= 11 is 2.87. The van der Waals surface area contributed by atoms with E-state index in [1.54, 1.807) is 49.2 Å². The number of amides is 2. The highest BCUT2D eigenvalue weighted by atomic mass is 32.2. The Morgan fingerprint density at radius 2 is 1.89 bits per heavy atom. The fourth-order valence-electron chi connectivity index (χ4n) is 3.73. The van der Waals surface area contributed by atoms with Crippen LogP contribution in [0.1, 0.15) is 41.9 Å². The lowest BCUT2D eigenvalue weighted by Crippen LogP contribution is -2.43. The lowest BCUT2D eigenvalue weighted by atomic mass is 9.94. The number of benzene rings is 2. The van der Waals surface area contributed by atoms with Gasteiger partial charge in [-0.3, -0.25) is 9.59 Å². The predicted octanol–water partition coefficient (Wildman–Crippen LogP) is 4.69. The zero-order valence-electron chi connectivity index (χ0n) is 21.4. The number of nitrogen functional groups attached to an aromatic ring is 1. The van der Waals surface area contributed by atoms with Crippen molar-refractivity contribution in [2.75, 3.05) is 23.1 Å². The van der Waals surface area contributed by atoms with E-state index in [0.29, 0.717) is 39.8 Å². The molecule has 2 aromatic carbocycles. The van der Waals surface area contributed by atoms with Crippen LogP contribution in [0.25, 0.3) is 11.1 Å². The van der Waals surface area contributed by atoms with Crippen molar-refractivity contribution in [2.24, 2.45) is 0 Å². The summed E-state index contributed by atoms with van der Waals surface area (Å²) in [4.78, 5) is 42.9. The molecule has 1 heterocycles. The van der Waals surface area contributed by atoms with Crippen molar-refractivity contribution in [2.45, 2.75) is 45.8 Å². The fraction of sp³-hybridized carbons (Fsp3) is 0.333. The molecule has 0 radical (unpaired) electrons. The van der Waals surface area contributed by atoms with Crippen LogP contribution < -0.4 is 16.4 Å². The van der Waals surface area contributed by atoms with Gasteiger partial charge in [0.05, 0.1) is 18.2 Å². The lowest BCUT2D eigenvalue weighted by molar-refractivity contribution is -0.149. The van der Waals surface area contributed by atoms with E-state index in [1.807, 2.05) is 37.4 Å². The second-order valence-electron chi connectivity index (χ2n) is 8.77. The molecule has 0 aliphatic carbocycles. The minimum Gasteiger partial charge on any atom is -0.461 e. The van der Waals surface area contributed by atoms with Gasteiger partial charge in [-0.1, -0.05) is 24.3 Å². The third kappa shape index (κ3) is 8.06. The van der Waals surface area contributed by atoms with Crippen LogP contribution in [0, 0.1) is 6.92 Å². The van der Waals surface area contributed by atoms with E-state index in [-0.39, 0.29) is 24.3 Å². The summed E-state index contributed by atoms with van der Waals surface area (Å²) in [6, 6.07) is 12.0. The first-order chi connectivity index (χ1) is 17.7. The van der Waals surface area contributed by atoms with Gasteiger partial charge >= 0.3 is 5.97 Å². The first-order valence-electron chi connectivity index (χ1n) is 11.9. The molecule has 0 saturated carbocycles. The molecule has 8 nitrogen and oxygen atoms in total. The molecule has 3 aromatic rings. The summed E-state index contributed by atoms with van der Waals surface area (Å²) in [6.07, 6.45) is 2.20. The molecule has 0 aliphatic rings. The van der Waals surface area contributed by atoms with Crippen molar-refractivity contribution in [3.63, 3.8) is 0 Å². The molecule has 2 amide bonds. The largest absolute Gasteiger partial charge is 0.461 e. The number of carbonyl (C=O) groups is 3. The number of ether oxygens (including phenoxy) is 1. The Balaban J connectivity index is 1.90. The van der Waals surface area contributed by atoms with E-state index in [0.717, 1.165) is 11.1 Å². The monoisotopic (exact) mass is 540 g/mol. The van der Waals surface area contributed by atoms with Crippen LogP contribution in [0.3, 0.4) is 0 Å². The second kappa shape index (κ2) is 13.3. The van der Waals surface area contributed by atoms with E-state index >= 15 is 0 Å². The molecule has 0 unspecified atom stereocenters. The van der Waals surface area contributed by atoms with Gasteiger partial charge in [-0.25, -0.2) is 9.78 Å². The van der Waals surface area contributed by atoms with Gasteiger partial charge in [0.2, 0.25) is 5.91 Å². The Morgan fingerprint density at radius 1 is 1.14 bits per heavy atom. The van der Waals surface area contributed by atoms with E-state index in [2.05, 4.69) is 15.6 Å². The zero-order valence-corrected chi connectivity index (χ0v) is 23.0. The van der Waals surface area contributed by atoms with Crippen molar-refractivity contribution in [3.8, 4) is 11.1 Å². The summed E-state index contributed by atoms with van der Waals surface area (Å²) < 4.78 is 5.37. The second-order valence-corrected chi connectivity index (χ2v) is 10.6. The molecule has 0 spiro atoms. The SMILES string of the molecule is CSCC[C@H](NC(=O)c1ccc(NC(=O)Cc2csc(N)n2)cc1-c1ccccc1C)C(=O)OC(C)C. The van der Waals surface area contributed by atoms with Gasteiger partial charge in [0.15, 0.2) is 5.13 Å². The lowest BCUT2D eigenvalue weighted by Gasteiger charge is -2.20. The van der Waals surface area contributed by atoms with Gasteiger partial charge in [-0.05, 0) is 74.1 Å². The number of aryl methyl sites for hydroxylation is 1. The number of rotatable bonds is 11. The smallest absolute Gasteiger partial charge is 0.328 e. The number of hydrogen-bond acceptors (Lipinski definition) is 8. The number of esters is 1. The van der Waals surface area contributed by atoms with Gasteiger partial charge in [0, 0.05) is 16.6 Å². The molecule has 1 atom stereocenters. The number of thioether (sulfide) groups is 1. The molecule has 37 heavy (non-hydrogen) atoms. The van der Waals surface area contributed by atoms with Crippen LogP contribution >= 0.6 is 23.1 Å². The number of thiazole rings is 1. The molecule has 4 N–H and O–H groups in total. The molecule has 0 fully saturated rings. The molecule has 10 heteroatoms. The van der Waals surface area contributed by atoms with Crippen molar-refractivity contribution in [1.29, 1.82) is 0 Å². The van der Waals surface area contributed by atoms with Crippen molar-refractivity contribution in [1.82, 2.24) is 10.3 Å². The maximum Gasteiger partial charge on any atom is 0.328 e. The summed E-state index contributed by atoms with van der Waals surface area (Å²) in [5.74, 6) is -0.396. The van der Waals surface area contributed by atoms with Gasteiger partial charge in [-0.15, -0.1) is 11.3 Å².